The molecule has 170 valence electrons. The third-order valence-corrected chi connectivity index (χ3v) is 4.77. The molecule has 0 saturated heterocycles. The predicted molar refractivity (Wildman–Crippen MR) is 137 cm³/mol. The molecule has 0 aliphatic rings. The lowest BCUT2D eigenvalue weighted by atomic mass is 10.1. The third kappa shape index (κ3) is 7.68. The van der Waals surface area contributed by atoms with Crippen molar-refractivity contribution in [2.45, 2.75) is 33.7 Å². The van der Waals surface area contributed by atoms with E-state index in [9.17, 15) is 4.79 Å². The Hall–Kier alpha value is -2.36. The number of aromatic nitrogens is 1. The van der Waals surface area contributed by atoms with Gasteiger partial charge in [-0.15, -0.1) is 24.0 Å². The summed E-state index contributed by atoms with van der Waals surface area (Å²) in [5.74, 6) is 1.61. The van der Waals surface area contributed by atoms with Crippen molar-refractivity contribution in [2.24, 2.45) is 4.99 Å². The summed E-state index contributed by atoms with van der Waals surface area (Å²) >= 11 is 0. The summed E-state index contributed by atoms with van der Waals surface area (Å²) in [6, 6.07) is 7.74. The number of guanidine groups is 1. The van der Waals surface area contributed by atoms with Crippen LogP contribution < -0.4 is 15.4 Å². The molecule has 1 aromatic heterocycles. The minimum atomic E-state index is 0. The Kier molecular flexibility index (Phi) is 11.3. The van der Waals surface area contributed by atoms with Crippen LogP contribution in [0.15, 0.2) is 35.5 Å². The Balaban J connectivity index is 0.00000480. The van der Waals surface area contributed by atoms with Crippen LogP contribution in [0.5, 0.6) is 5.75 Å². The molecule has 0 atom stereocenters. The van der Waals surface area contributed by atoms with Crippen molar-refractivity contribution in [1.29, 1.82) is 0 Å². The minimum absolute atomic E-state index is 0. The van der Waals surface area contributed by atoms with Gasteiger partial charge >= 0.3 is 0 Å². The van der Waals surface area contributed by atoms with E-state index < -0.39 is 0 Å². The number of methoxy groups -OCH3 is 1. The lowest BCUT2D eigenvalue weighted by molar-refractivity contribution is 0.0827. The molecule has 1 amide bonds. The van der Waals surface area contributed by atoms with Crippen molar-refractivity contribution in [2.75, 3.05) is 34.3 Å². The second kappa shape index (κ2) is 13.1. The van der Waals surface area contributed by atoms with E-state index >= 15 is 0 Å². The first-order valence-electron chi connectivity index (χ1n) is 10.2. The molecule has 0 aliphatic heterocycles. The van der Waals surface area contributed by atoms with E-state index in [4.69, 9.17) is 4.74 Å². The maximum absolute atomic E-state index is 12.1. The van der Waals surface area contributed by atoms with Crippen LogP contribution in [0.2, 0.25) is 0 Å². The Morgan fingerprint density at radius 1 is 1.23 bits per heavy atom. The fourth-order valence-corrected chi connectivity index (χ4v) is 3.17. The van der Waals surface area contributed by atoms with E-state index in [0.29, 0.717) is 18.7 Å². The van der Waals surface area contributed by atoms with Gasteiger partial charge in [0.15, 0.2) is 5.96 Å². The number of nitrogens with zero attached hydrogens (tertiary/aromatic N) is 3. The number of amides is 1. The molecule has 2 N–H and O–H groups in total. The highest BCUT2D eigenvalue weighted by atomic mass is 127. The monoisotopic (exact) mass is 539 g/mol. The van der Waals surface area contributed by atoms with Gasteiger partial charge in [-0.05, 0) is 44.9 Å². The number of aryl methyl sites for hydroxylation is 1. The summed E-state index contributed by atoms with van der Waals surface area (Å²) in [5, 5.41) is 6.62. The smallest absolute Gasteiger partial charge is 0.253 e. The van der Waals surface area contributed by atoms with Crippen LogP contribution in [0, 0.1) is 13.8 Å². The summed E-state index contributed by atoms with van der Waals surface area (Å²) in [4.78, 5) is 22.9. The zero-order valence-electron chi connectivity index (χ0n) is 19.3. The van der Waals surface area contributed by atoms with Crippen molar-refractivity contribution in [3.8, 4) is 5.75 Å². The highest BCUT2D eigenvalue weighted by Gasteiger charge is 2.10. The van der Waals surface area contributed by atoms with E-state index in [1.165, 1.54) is 0 Å². The van der Waals surface area contributed by atoms with Crippen LogP contribution >= 0.6 is 24.0 Å². The standard InChI is InChI=1S/C23H33N5O2.HI/c1-7-24-23(27-15-20-17(3)21(30-6)16(2)14-26-20)25-12-11-18-9-8-10-19(13-18)22(29)28(4)5;/h8-10,13-14H,7,11-12,15H2,1-6H3,(H2,24,25,27);1H. The van der Waals surface area contributed by atoms with E-state index in [2.05, 4.69) is 20.6 Å². The second-order valence-corrected chi connectivity index (χ2v) is 7.32. The number of carbonyl (C=O) groups excluding carboxylic acids is 1. The second-order valence-electron chi connectivity index (χ2n) is 7.32. The van der Waals surface area contributed by atoms with Gasteiger partial charge in [0.1, 0.15) is 5.75 Å². The number of benzene rings is 1. The van der Waals surface area contributed by atoms with E-state index in [-0.39, 0.29) is 29.9 Å². The minimum Gasteiger partial charge on any atom is -0.496 e. The molecule has 8 heteroatoms. The first kappa shape index (κ1) is 26.7. The lowest BCUT2D eigenvalue weighted by Crippen LogP contribution is -2.38. The van der Waals surface area contributed by atoms with Gasteiger partial charge in [0.05, 0.1) is 19.3 Å². The molecule has 0 spiro atoms. The average Bonchev–Trinajstić information content (AvgIpc) is 2.73. The molecule has 7 nitrogen and oxygen atoms in total. The van der Waals surface area contributed by atoms with Crippen molar-refractivity contribution >= 4 is 35.8 Å². The molecular weight excluding hydrogens is 505 g/mol. The molecule has 0 bridgehead atoms. The molecule has 0 radical (unpaired) electrons. The van der Waals surface area contributed by atoms with Gasteiger partial charge in [0, 0.05) is 50.1 Å². The summed E-state index contributed by atoms with van der Waals surface area (Å²) in [6.45, 7) is 7.96. The maximum Gasteiger partial charge on any atom is 0.253 e. The van der Waals surface area contributed by atoms with Crippen molar-refractivity contribution in [3.05, 3.63) is 58.4 Å². The summed E-state index contributed by atoms with van der Waals surface area (Å²) in [5.41, 5.74) is 4.73. The van der Waals surface area contributed by atoms with Gasteiger partial charge in [0.2, 0.25) is 0 Å². The number of halogens is 1. The Labute approximate surface area is 202 Å². The van der Waals surface area contributed by atoms with Crippen LogP contribution in [0.3, 0.4) is 0 Å². The molecule has 0 fully saturated rings. The van der Waals surface area contributed by atoms with E-state index in [1.807, 2.05) is 51.2 Å². The van der Waals surface area contributed by atoms with Crippen molar-refractivity contribution < 1.29 is 9.53 Å². The fourth-order valence-electron chi connectivity index (χ4n) is 3.17. The summed E-state index contributed by atoms with van der Waals surface area (Å²) in [6.07, 6.45) is 2.60. The largest absolute Gasteiger partial charge is 0.496 e. The van der Waals surface area contributed by atoms with Crippen LogP contribution in [0.4, 0.5) is 0 Å². The number of ether oxygens (including phenoxy) is 1. The Morgan fingerprint density at radius 3 is 2.61 bits per heavy atom. The quantitative estimate of drug-likeness (QED) is 0.306. The van der Waals surface area contributed by atoms with E-state index in [0.717, 1.165) is 47.1 Å². The highest BCUT2D eigenvalue weighted by molar-refractivity contribution is 14.0. The molecular formula is C23H34IN5O2. The molecule has 31 heavy (non-hydrogen) atoms. The predicted octanol–water partition coefficient (Wildman–Crippen LogP) is 3.32. The number of nitrogens with one attached hydrogen (secondary N) is 2. The van der Waals surface area contributed by atoms with Gasteiger partial charge in [-0.25, -0.2) is 4.99 Å². The molecule has 2 aromatic rings. The first-order chi connectivity index (χ1) is 14.4. The normalized spacial score (nSPS) is 10.8. The van der Waals surface area contributed by atoms with Crippen molar-refractivity contribution in [1.82, 2.24) is 20.5 Å². The zero-order chi connectivity index (χ0) is 22.1. The summed E-state index contributed by atoms with van der Waals surface area (Å²) < 4.78 is 5.48. The van der Waals surface area contributed by atoms with E-state index in [1.54, 1.807) is 26.1 Å². The first-order valence-corrected chi connectivity index (χ1v) is 10.2. The van der Waals surface area contributed by atoms with Gasteiger partial charge in [-0.2, -0.15) is 0 Å². The number of hydrogen-bond donors (Lipinski definition) is 2. The molecule has 0 saturated carbocycles. The van der Waals surface area contributed by atoms with Gasteiger partial charge in [-0.3, -0.25) is 9.78 Å². The molecule has 0 aliphatic carbocycles. The molecule has 1 heterocycles. The zero-order valence-corrected chi connectivity index (χ0v) is 21.6. The topological polar surface area (TPSA) is 78.9 Å². The number of pyridine rings is 1. The number of carbonyl (C=O) groups is 1. The summed E-state index contributed by atoms with van der Waals surface area (Å²) in [7, 11) is 5.20. The Morgan fingerprint density at radius 2 is 1.97 bits per heavy atom. The number of aliphatic imine (C=N–C) groups is 1. The van der Waals surface area contributed by atoms with Crippen LogP contribution in [-0.4, -0.2) is 56.0 Å². The number of rotatable bonds is 8. The van der Waals surface area contributed by atoms with Gasteiger partial charge < -0.3 is 20.3 Å². The number of hydrogen-bond acceptors (Lipinski definition) is 4. The van der Waals surface area contributed by atoms with Gasteiger partial charge in [0.25, 0.3) is 5.91 Å². The fraction of sp³-hybridized carbons (Fsp3) is 0.435. The maximum atomic E-state index is 12.1. The van der Waals surface area contributed by atoms with Crippen LogP contribution in [-0.2, 0) is 13.0 Å². The average molecular weight is 539 g/mol. The Bertz CT molecular complexity index is 900. The highest BCUT2D eigenvalue weighted by Crippen LogP contribution is 2.24. The SMILES string of the molecule is CCNC(=NCc1ncc(C)c(OC)c1C)NCCc1cccc(C(=O)N(C)C)c1.I. The van der Waals surface area contributed by atoms with Crippen molar-refractivity contribution in [3.63, 3.8) is 0 Å². The molecule has 2 rings (SSSR count). The van der Waals surface area contributed by atoms with Crippen LogP contribution in [0.1, 0.15) is 39.7 Å². The van der Waals surface area contributed by atoms with Crippen LogP contribution in [0.25, 0.3) is 0 Å². The molecule has 1 aromatic carbocycles. The third-order valence-electron chi connectivity index (χ3n) is 4.77. The molecule has 0 unspecified atom stereocenters. The van der Waals surface area contributed by atoms with Gasteiger partial charge in [-0.1, -0.05) is 12.1 Å². The lowest BCUT2D eigenvalue weighted by Gasteiger charge is -2.14.